The molecule has 2 aromatic carbocycles. The van der Waals surface area contributed by atoms with Gasteiger partial charge in [-0.3, -0.25) is 0 Å². The van der Waals surface area contributed by atoms with Gasteiger partial charge in [-0.1, -0.05) is 6.58 Å². The van der Waals surface area contributed by atoms with Crippen LogP contribution in [0.1, 0.15) is 25.3 Å². The molecule has 0 N–H and O–H groups in total. The minimum absolute atomic E-state index is 0.0126. The zero-order valence-electron chi connectivity index (χ0n) is 23.7. The molecule has 252 valence electrons. The predicted octanol–water partition coefficient (Wildman–Crippen LogP) is 8.31. The molecule has 0 aliphatic rings. The first-order valence-corrected chi connectivity index (χ1v) is 12.9. The molecule has 0 atom stereocenters. The highest BCUT2D eigenvalue weighted by Crippen LogP contribution is 2.54. The van der Waals surface area contributed by atoms with Gasteiger partial charge in [-0.05, 0) is 43.3 Å². The van der Waals surface area contributed by atoms with Gasteiger partial charge in [0.05, 0.1) is 44.3 Å². The minimum atomic E-state index is -6.60. The molecule has 0 saturated carbocycles. The molecule has 0 aliphatic carbocycles. The summed E-state index contributed by atoms with van der Waals surface area (Å²) >= 11 is 0. The second-order valence-electron chi connectivity index (χ2n) is 9.88. The van der Waals surface area contributed by atoms with Gasteiger partial charge in [-0.15, -0.1) is 0 Å². The van der Waals surface area contributed by atoms with Gasteiger partial charge in [0.15, 0.2) is 0 Å². The van der Waals surface area contributed by atoms with Crippen LogP contribution in [0, 0.1) is 0 Å². The highest BCUT2D eigenvalue weighted by atomic mass is 19.4. The molecule has 1 aromatic heterocycles. The van der Waals surface area contributed by atoms with Gasteiger partial charge in [0.25, 0.3) is 0 Å². The molecular formula is C29H23F11O6. The Bertz CT molecular complexity index is 1660. The zero-order chi connectivity index (χ0) is 34.9. The Labute approximate surface area is 252 Å². The minimum Gasteiger partial charge on any atom is -0.497 e. The highest BCUT2D eigenvalue weighted by molar-refractivity contribution is 5.87. The molecule has 3 rings (SSSR count). The maximum Gasteiger partial charge on any atom is 0.417 e. The average molecular weight is 676 g/mol. The van der Waals surface area contributed by atoms with E-state index in [-0.39, 0.29) is 22.3 Å². The lowest BCUT2D eigenvalue weighted by atomic mass is 9.95. The lowest BCUT2D eigenvalue weighted by Crippen LogP contribution is -2.62. The van der Waals surface area contributed by atoms with Crippen molar-refractivity contribution in [2.24, 2.45) is 0 Å². The molecule has 0 bridgehead atoms. The van der Waals surface area contributed by atoms with Gasteiger partial charge < -0.3 is 18.6 Å². The highest BCUT2D eigenvalue weighted by Gasteiger charge is 2.79. The van der Waals surface area contributed by atoms with E-state index in [1.54, 1.807) is 0 Å². The second-order valence-corrected chi connectivity index (χ2v) is 9.88. The fourth-order valence-corrected chi connectivity index (χ4v) is 3.95. The van der Waals surface area contributed by atoms with Gasteiger partial charge >= 0.3 is 41.5 Å². The smallest absolute Gasteiger partial charge is 0.417 e. The fourth-order valence-electron chi connectivity index (χ4n) is 3.95. The van der Waals surface area contributed by atoms with Crippen LogP contribution in [0.3, 0.4) is 0 Å². The molecule has 0 spiro atoms. The predicted molar refractivity (Wildman–Crippen MR) is 140 cm³/mol. The van der Waals surface area contributed by atoms with Crippen molar-refractivity contribution < 1.29 is 71.7 Å². The summed E-state index contributed by atoms with van der Waals surface area (Å²) in [6.07, 6.45) is -9.29. The van der Waals surface area contributed by atoms with Crippen molar-refractivity contribution in [3.05, 3.63) is 70.6 Å². The molecule has 17 heteroatoms. The number of hydrogen-bond acceptors (Lipinski definition) is 6. The van der Waals surface area contributed by atoms with Crippen LogP contribution >= 0.6 is 0 Å². The summed E-state index contributed by atoms with van der Waals surface area (Å²) in [7, 11) is 1.13. The molecule has 0 radical (unpaired) electrons. The van der Waals surface area contributed by atoms with Gasteiger partial charge in [0.1, 0.15) is 17.1 Å². The first-order chi connectivity index (χ1) is 21.1. The number of carbonyl (C=O) groups excluding carboxylic acids is 1. The van der Waals surface area contributed by atoms with E-state index < -0.39 is 90.0 Å². The average Bonchev–Trinajstić information content (AvgIpc) is 2.95. The summed E-state index contributed by atoms with van der Waals surface area (Å²) in [5, 5.41) is 0.0126. The maximum absolute atomic E-state index is 14.3. The third kappa shape index (κ3) is 7.22. The number of alkyl halides is 11. The molecule has 0 aliphatic heterocycles. The molecule has 0 fully saturated rings. The summed E-state index contributed by atoms with van der Waals surface area (Å²) in [5.41, 5.74) is -4.20. The molecule has 3 aromatic rings. The summed E-state index contributed by atoms with van der Waals surface area (Å²) in [6.45, 7) is 1.25. The number of rotatable bonds is 13. The van der Waals surface area contributed by atoms with Gasteiger partial charge in [0.2, 0.25) is 0 Å². The van der Waals surface area contributed by atoms with Crippen LogP contribution in [0.5, 0.6) is 11.5 Å². The Morgan fingerprint density at radius 3 is 1.89 bits per heavy atom. The van der Waals surface area contributed by atoms with E-state index in [0.717, 1.165) is 44.4 Å². The number of carbonyl (C=O) groups is 1. The van der Waals surface area contributed by atoms with Gasteiger partial charge in [0, 0.05) is 22.6 Å². The monoisotopic (exact) mass is 676 g/mol. The molecule has 0 saturated heterocycles. The maximum atomic E-state index is 14.3. The Morgan fingerprint density at radius 2 is 1.35 bits per heavy atom. The topological polar surface area (TPSA) is 75.0 Å². The van der Waals surface area contributed by atoms with E-state index in [4.69, 9.17) is 13.9 Å². The normalized spacial score (nSPS) is 13.1. The fraction of sp³-hybridized carbons (Fsp3) is 0.379. The van der Waals surface area contributed by atoms with Crippen LogP contribution < -0.4 is 15.1 Å². The first kappa shape index (κ1) is 36.2. The van der Waals surface area contributed by atoms with E-state index in [0.29, 0.717) is 6.07 Å². The number of ether oxygens (including phenoxy) is 3. The number of methoxy groups -OCH3 is 1. The van der Waals surface area contributed by atoms with Crippen LogP contribution in [0.4, 0.5) is 48.3 Å². The number of fused-ring (bicyclic) bond motifs is 1. The Morgan fingerprint density at radius 1 is 0.783 bits per heavy atom. The van der Waals surface area contributed by atoms with Crippen molar-refractivity contribution in [1.82, 2.24) is 0 Å². The quantitative estimate of drug-likeness (QED) is 0.0785. The lowest BCUT2D eigenvalue weighted by molar-refractivity contribution is -0.368. The lowest BCUT2D eigenvalue weighted by Gasteiger charge is -2.36. The number of benzene rings is 2. The summed E-state index contributed by atoms with van der Waals surface area (Å²) in [5.74, 6) is -26.6. The number of hydrogen-bond donors (Lipinski definition) is 0. The van der Waals surface area contributed by atoms with Crippen molar-refractivity contribution >= 4 is 16.9 Å². The van der Waals surface area contributed by atoms with Crippen LogP contribution in [-0.2, 0) is 15.7 Å². The Kier molecular flexibility index (Phi) is 10.1. The van der Waals surface area contributed by atoms with Crippen LogP contribution in [0.2, 0.25) is 0 Å². The zero-order valence-corrected chi connectivity index (χ0v) is 23.7. The van der Waals surface area contributed by atoms with Crippen LogP contribution in [0.25, 0.3) is 22.1 Å². The van der Waals surface area contributed by atoms with Crippen molar-refractivity contribution in [3.63, 3.8) is 0 Å². The molecule has 6 nitrogen and oxygen atoms in total. The Balaban J connectivity index is 1.77. The SMILES string of the molecule is C=C(C)C(=O)OCCC(F)(F)C(F)(F)C(F)(F)C(F)(F)CCOc1ccc2cc(-c3ccc(OC)cc3C(F)(F)F)c(=O)oc2c1. The number of halogens is 11. The summed E-state index contributed by atoms with van der Waals surface area (Å²) < 4.78 is 173. The third-order valence-electron chi connectivity index (χ3n) is 6.53. The van der Waals surface area contributed by atoms with Crippen LogP contribution in [-0.4, -0.2) is 50.0 Å². The van der Waals surface area contributed by atoms with Crippen molar-refractivity contribution in [1.29, 1.82) is 0 Å². The second kappa shape index (κ2) is 12.8. The standard InChI is InChI=1S/C29H23F11O6/c1-15(2)23(41)45-11-9-26(32,33)29(39,40)28(37,38)25(30,31)8-10-44-18-5-4-16-12-20(24(42)46-22(16)14-18)19-7-6-17(43-3)13-21(19)27(34,35)36/h4-7,12-14H,1,8-11H2,2-3H3. The summed E-state index contributed by atoms with van der Waals surface area (Å²) in [4.78, 5) is 23.8. The third-order valence-corrected chi connectivity index (χ3v) is 6.53. The van der Waals surface area contributed by atoms with Crippen LogP contribution in [0.15, 0.2) is 63.8 Å². The number of esters is 1. The van der Waals surface area contributed by atoms with Crippen molar-refractivity contribution in [3.8, 4) is 22.6 Å². The van der Waals surface area contributed by atoms with E-state index in [1.165, 1.54) is 6.07 Å². The van der Waals surface area contributed by atoms with Gasteiger partial charge in [-0.25, -0.2) is 9.59 Å². The van der Waals surface area contributed by atoms with E-state index in [1.807, 2.05) is 0 Å². The molecule has 0 unspecified atom stereocenters. The van der Waals surface area contributed by atoms with Crippen molar-refractivity contribution in [2.45, 2.75) is 49.6 Å². The van der Waals surface area contributed by atoms with E-state index in [9.17, 15) is 57.9 Å². The first-order valence-electron chi connectivity index (χ1n) is 12.9. The van der Waals surface area contributed by atoms with Gasteiger partial charge in [-0.2, -0.15) is 48.3 Å². The molecule has 1 heterocycles. The Hall–Kier alpha value is -4.31. The van der Waals surface area contributed by atoms with E-state index >= 15 is 0 Å². The van der Waals surface area contributed by atoms with Crippen molar-refractivity contribution in [2.75, 3.05) is 20.3 Å². The molecular weight excluding hydrogens is 653 g/mol. The van der Waals surface area contributed by atoms with E-state index in [2.05, 4.69) is 11.3 Å². The molecule has 46 heavy (non-hydrogen) atoms. The largest absolute Gasteiger partial charge is 0.497 e. The molecule has 0 amide bonds. The summed E-state index contributed by atoms with van der Waals surface area (Å²) in [6, 6.07) is 6.83.